The van der Waals surface area contributed by atoms with E-state index in [2.05, 4.69) is 55.5 Å². The third-order valence-corrected chi connectivity index (χ3v) is 11.0. The first kappa shape index (κ1) is 16.6. The summed E-state index contributed by atoms with van der Waals surface area (Å²) in [6.45, 7) is 2.30. The normalized spacial score (nSPS) is 26.8. The maximum Gasteiger partial charge on any atom is -0.0120 e. The second-order valence-electron chi connectivity index (χ2n) is 7.51. The zero-order chi connectivity index (χ0) is 16.4. The molecule has 0 N–H and O–H groups in total. The quantitative estimate of drug-likeness (QED) is 0.637. The van der Waals surface area contributed by atoms with Gasteiger partial charge in [0.05, 0.1) is 0 Å². The summed E-state index contributed by atoms with van der Waals surface area (Å²) in [6.07, 6.45) is 5.65. The van der Waals surface area contributed by atoms with E-state index >= 15 is 0 Å². The van der Waals surface area contributed by atoms with E-state index in [-0.39, 0.29) is 21.8 Å². The Morgan fingerprint density at radius 3 is 2.46 bits per heavy atom. The van der Waals surface area contributed by atoms with Gasteiger partial charge in [0.1, 0.15) is 0 Å². The summed E-state index contributed by atoms with van der Waals surface area (Å²) in [7, 11) is 0.273. The molecule has 2 aromatic rings. The molecule has 0 spiro atoms. The molecule has 2 aliphatic heterocycles. The van der Waals surface area contributed by atoms with Gasteiger partial charge >= 0.3 is 0 Å². The van der Waals surface area contributed by atoms with Crippen LogP contribution in [-0.2, 0) is 6.42 Å². The average molecular weight is 359 g/mol. The smallest absolute Gasteiger partial charge is 0.0120 e. The highest BCUT2D eigenvalue weighted by atomic mass is 32.2. The minimum Gasteiger partial charge on any atom is -0.227 e. The Morgan fingerprint density at radius 1 is 0.875 bits per heavy atom. The Labute approximate surface area is 152 Å². The molecule has 0 aliphatic carbocycles. The van der Waals surface area contributed by atoms with Crippen molar-refractivity contribution in [1.82, 2.24) is 0 Å². The highest BCUT2D eigenvalue weighted by molar-refractivity contribution is 8.17. The highest BCUT2D eigenvalue weighted by Gasteiger charge is 2.23. The van der Waals surface area contributed by atoms with Crippen LogP contribution in [0.3, 0.4) is 0 Å². The maximum absolute atomic E-state index is 2.58. The van der Waals surface area contributed by atoms with E-state index in [1.807, 2.05) is 0 Å². The molecule has 2 unspecified atom stereocenters. The van der Waals surface area contributed by atoms with Gasteiger partial charge < -0.3 is 0 Å². The van der Waals surface area contributed by atoms with Crippen LogP contribution in [0.4, 0.5) is 0 Å². The van der Waals surface area contributed by atoms with Crippen LogP contribution in [0.25, 0.3) is 0 Å². The van der Waals surface area contributed by atoms with Crippen molar-refractivity contribution in [3.63, 3.8) is 0 Å². The predicted octanol–water partition coefficient (Wildman–Crippen LogP) is 5.77. The van der Waals surface area contributed by atoms with Gasteiger partial charge in [-0.15, -0.1) is 0 Å². The molecule has 2 aromatic carbocycles. The molecular weight excluding hydrogens is 328 g/mol. The van der Waals surface area contributed by atoms with Crippen molar-refractivity contribution < 1.29 is 0 Å². The van der Waals surface area contributed by atoms with Crippen molar-refractivity contribution in [2.24, 2.45) is 5.92 Å². The summed E-state index contributed by atoms with van der Waals surface area (Å²) in [5, 5.41) is 0. The molecule has 4 rings (SSSR count). The molecule has 2 atom stereocenters. The monoisotopic (exact) mass is 358 g/mol. The van der Waals surface area contributed by atoms with Gasteiger partial charge in [0.15, 0.2) is 0 Å². The molecule has 24 heavy (non-hydrogen) atoms. The second-order valence-corrected chi connectivity index (χ2v) is 12.4. The lowest BCUT2D eigenvalue weighted by Crippen LogP contribution is -2.04. The molecule has 0 saturated carbocycles. The van der Waals surface area contributed by atoms with E-state index in [0.29, 0.717) is 0 Å². The summed E-state index contributed by atoms with van der Waals surface area (Å²) in [5.41, 5.74) is 3.11. The zero-order valence-corrected chi connectivity index (χ0v) is 16.5. The van der Waals surface area contributed by atoms with E-state index in [0.717, 1.165) is 5.92 Å². The van der Waals surface area contributed by atoms with Gasteiger partial charge in [-0.05, 0) is 94.6 Å². The summed E-state index contributed by atoms with van der Waals surface area (Å²) in [6, 6.07) is 18.8. The Hall–Kier alpha value is -0.860. The van der Waals surface area contributed by atoms with Crippen LogP contribution in [0.1, 0.15) is 30.4 Å². The first-order valence-electron chi connectivity index (χ1n) is 9.43. The molecule has 0 amide bonds. The molecule has 2 aliphatic rings. The lowest BCUT2D eigenvalue weighted by molar-refractivity contribution is 0.595. The van der Waals surface area contributed by atoms with Crippen LogP contribution in [0.2, 0.25) is 0 Å². The standard InChI is InChI=1S/C22H30S2/c1-18-13-20(16-22(14-18)23-10-5-6-11-23)15-19-9-12-24(17-19)21-7-3-2-4-8-21/h2-4,7-8,13-14,16,19,23-24H,5-6,9-12,15,17H2,1H3. The first-order chi connectivity index (χ1) is 11.8. The average Bonchev–Trinajstić information content (AvgIpc) is 3.27. The fourth-order valence-electron chi connectivity index (χ4n) is 4.32. The minimum absolute atomic E-state index is 0.104. The third-order valence-electron chi connectivity index (χ3n) is 5.52. The predicted molar refractivity (Wildman–Crippen MR) is 113 cm³/mol. The zero-order valence-electron chi connectivity index (χ0n) is 14.7. The fourth-order valence-corrected chi connectivity index (χ4v) is 9.86. The molecule has 0 radical (unpaired) electrons. The Balaban J connectivity index is 1.44. The molecule has 130 valence electrons. The summed E-state index contributed by atoms with van der Waals surface area (Å²) in [4.78, 5) is 3.31. The summed E-state index contributed by atoms with van der Waals surface area (Å²) >= 11 is 0. The van der Waals surface area contributed by atoms with E-state index in [9.17, 15) is 0 Å². The number of hydrogen-bond donors (Lipinski definition) is 2. The van der Waals surface area contributed by atoms with Gasteiger partial charge in [-0.1, -0.05) is 36.4 Å². The van der Waals surface area contributed by atoms with Crippen LogP contribution >= 0.6 is 21.8 Å². The highest BCUT2D eigenvalue weighted by Crippen LogP contribution is 2.47. The molecule has 2 heteroatoms. The molecule has 0 nitrogen and oxygen atoms in total. The molecule has 0 bridgehead atoms. The lowest BCUT2D eigenvalue weighted by Gasteiger charge is -2.19. The van der Waals surface area contributed by atoms with Gasteiger partial charge in [0.2, 0.25) is 0 Å². The van der Waals surface area contributed by atoms with E-state index in [4.69, 9.17) is 0 Å². The van der Waals surface area contributed by atoms with Crippen molar-refractivity contribution in [3.8, 4) is 0 Å². The van der Waals surface area contributed by atoms with Crippen LogP contribution in [-0.4, -0.2) is 23.0 Å². The number of hydrogen-bond acceptors (Lipinski definition) is 0. The van der Waals surface area contributed by atoms with Crippen molar-refractivity contribution in [2.45, 2.75) is 42.4 Å². The van der Waals surface area contributed by atoms with Gasteiger partial charge in [0, 0.05) is 0 Å². The lowest BCUT2D eigenvalue weighted by atomic mass is 9.98. The topological polar surface area (TPSA) is 0 Å². The van der Waals surface area contributed by atoms with Crippen molar-refractivity contribution in [2.75, 3.05) is 23.0 Å². The van der Waals surface area contributed by atoms with Crippen LogP contribution < -0.4 is 0 Å². The largest absolute Gasteiger partial charge is 0.227 e. The number of benzene rings is 2. The van der Waals surface area contributed by atoms with E-state index in [1.165, 1.54) is 54.3 Å². The molecular formula is C22H30S2. The molecule has 0 aromatic heterocycles. The van der Waals surface area contributed by atoms with Gasteiger partial charge in [0.25, 0.3) is 0 Å². The van der Waals surface area contributed by atoms with E-state index < -0.39 is 0 Å². The minimum atomic E-state index is 0.104. The number of rotatable bonds is 4. The summed E-state index contributed by atoms with van der Waals surface area (Å²) in [5.74, 6) is 6.73. The van der Waals surface area contributed by atoms with Gasteiger partial charge in [-0.3, -0.25) is 0 Å². The molecule has 2 fully saturated rings. The van der Waals surface area contributed by atoms with E-state index in [1.54, 1.807) is 15.4 Å². The Bertz CT molecular complexity index is 674. The maximum atomic E-state index is 2.58. The first-order valence-corrected chi connectivity index (χ1v) is 12.9. The van der Waals surface area contributed by atoms with Crippen molar-refractivity contribution in [3.05, 3.63) is 59.7 Å². The second kappa shape index (κ2) is 7.58. The Kier molecular flexibility index (Phi) is 5.24. The van der Waals surface area contributed by atoms with Crippen LogP contribution in [0.15, 0.2) is 58.3 Å². The van der Waals surface area contributed by atoms with Crippen molar-refractivity contribution in [1.29, 1.82) is 0 Å². The van der Waals surface area contributed by atoms with Gasteiger partial charge in [-0.2, -0.15) is 0 Å². The summed E-state index contributed by atoms with van der Waals surface area (Å²) < 4.78 is 0. The fraction of sp³-hybridized carbons (Fsp3) is 0.455. The van der Waals surface area contributed by atoms with Gasteiger partial charge in [-0.25, -0.2) is 21.8 Å². The third kappa shape index (κ3) is 3.86. The SMILES string of the molecule is Cc1cc(CC2CC[SH](c3ccccc3)C2)cc([SH]2CCCC2)c1. The molecule has 2 saturated heterocycles. The van der Waals surface area contributed by atoms with Crippen LogP contribution in [0.5, 0.6) is 0 Å². The van der Waals surface area contributed by atoms with Crippen molar-refractivity contribution >= 4 is 21.8 Å². The number of aryl methyl sites for hydroxylation is 1. The van der Waals surface area contributed by atoms with Crippen LogP contribution in [0, 0.1) is 12.8 Å². The number of thiol groups is 2. The molecule has 2 heterocycles. The Morgan fingerprint density at radius 2 is 1.67 bits per heavy atom.